The van der Waals surface area contributed by atoms with Crippen molar-refractivity contribution in [1.82, 2.24) is 5.32 Å². The fraction of sp³-hybridized carbons (Fsp3) is 0.348. The number of methoxy groups -OCH3 is 1. The van der Waals surface area contributed by atoms with Crippen LogP contribution in [0.4, 0.5) is 4.39 Å². The van der Waals surface area contributed by atoms with Crippen molar-refractivity contribution in [2.45, 2.75) is 46.7 Å². The standard InChI is InChI=1S/C23H30FN3O2/c1-6-9-10-14-20(7-2)27-21(8-3)22(28)26-17(4)23(29-5)25-16-18-12-11-13-19(24)15-18/h6,8-15,17H,7,16H2,1-5H3,(H,26,28)/b9-6-,14-10-,21-8-,25-23?,27-20-. The summed E-state index contributed by atoms with van der Waals surface area (Å²) in [5.74, 6) is -0.282. The van der Waals surface area contributed by atoms with E-state index in [1.807, 2.05) is 38.2 Å². The van der Waals surface area contributed by atoms with Gasteiger partial charge in [0.15, 0.2) is 0 Å². The first-order chi connectivity index (χ1) is 13.9. The maximum absolute atomic E-state index is 13.3. The van der Waals surface area contributed by atoms with Crippen LogP contribution in [0, 0.1) is 5.82 Å². The molecule has 0 aliphatic rings. The molecule has 156 valence electrons. The molecule has 1 amide bonds. The average molecular weight is 400 g/mol. The Morgan fingerprint density at radius 2 is 2.07 bits per heavy atom. The molecule has 5 nitrogen and oxygen atoms in total. The molecule has 1 atom stereocenters. The summed E-state index contributed by atoms with van der Waals surface area (Å²) in [5.41, 5.74) is 1.84. The van der Waals surface area contributed by atoms with Gasteiger partial charge in [0.05, 0.1) is 13.7 Å². The van der Waals surface area contributed by atoms with Gasteiger partial charge in [-0.25, -0.2) is 14.4 Å². The molecule has 1 N–H and O–H groups in total. The van der Waals surface area contributed by atoms with Crippen LogP contribution in [0.25, 0.3) is 0 Å². The Labute approximate surface area is 172 Å². The molecule has 6 heteroatoms. The van der Waals surface area contributed by atoms with Gasteiger partial charge in [0.25, 0.3) is 5.91 Å². The summed E-state index contributed by atoms with van der Waals surface area (Å²) in [4.78, 5) is 21.4. The van der Waals surface area contributed by atoms with E-state index in [1.165, 1.54) is 19.2 Å². The van der Waals surface area contributed by atoms with Crippen molar-refractivity contribution in [3.05, 3.63) is 71.7 Å². The van der Waals surface area contributed by atoms with Crippen LogP contribution < -0.4 is 5.32 Å². The van der Waals surface area contributed by atoms with Crippen molar-refractivity contribution < 1.29 is 13.9 Å². The average Bonchev–Trinajstić information content (AvgIpc) is 2.71. The third-order valence-corrected chi connectivity index (χ3v) is 3.96. The van der Waals surface area contributed by atoms with Gasteiger partial charge in [0.2, 0.25) is 5.90 Å². The van der Waals surface area contributed by atoms with Gasteiger partial charge in [-0.1, -0.05) is 43.4 Å². The largest absolute Gasteiger partial charge is 0.483 e. The number of amides is 1. The van der Waals surface area contributed by atoms with Crippen LogP contribution in [0.5, 0.6) is 0 Å². The number of hydrogen-bond donors (Lipinski definition) is 1. The summed E-state index contributed by atoms with van der Waals surface area (Å²) < 4.78 is 18.6. The van der Waals surface area contributed by atoms with Crippen LogP contribution in [0.3, 0.4) is 0 Å². The number of nitrogens with one attached hydrogen (secondary N) is 1. The number of allylic oxidation sites excluding steroid dienone is 5. The normalized spacial score (nSPS) is 14.5. The molecular weight excluding hydrogens is 369 g/mol. The molecule has 1 unspecified atom stereocenters. The van der Waals surface area contributed by atoms with Crippen LogP contribution in [-0.2, 0) is 16.1 Å². The lowest BCUT2D eigenvalue weighted by Gasteiger charge is -2.16. The zero-order valence-corrected chi connectivity index (χ0v) is 17.8. The Bertz CT molecular complexity index is 823. The zero-order chi connectivity index (χ0) is 21.6. The molecule has 0 saturated heterocycles. The fourth-order valence-electron chi connectivity index (χ4n) is 2.43. The minimum absolute atomic E-state index is 0.255. The molecule has 0 bridgehead atoms. The molecular formula is C23H30FN3O2. The van der Waals surface area contributed by atoms with Crippen LogP contribution >= 0.6 is 0 Å². The lowest BCUT2D eigenvalue weighted by molar-refractivity contribution is -0.117. The summed E-state index contributed by atoms with van der Waals surface area (Å²) in [6.45, 7) is 7.71. The van der Waals surface area contributed by atoms with Crippen LogP contribution in [0.2, 0.25) is 0 Å². The topological polar surface area (TPSA) is 63.0 Å². The number of halogens is 1. The molecule has 0 aliphatic heterocycles. The fourth-order valence-corrected chi connectivity index (χ4v) is 2.43. The number of carbonyl (C=O) groups is 1. The third-order valence-electron chi connectivity index (χ3n) is 3.96. The van der Waals surface area contributed by atoms with E-state index >= 15 is 0 Å². The quantitative estimate of drug-likeness (QED) is 0.282. The second-order valence-corrected chi connectivity index (χ2v) is 6.20. The third kappa shape index (κ3) is 8.68. The van der Waals surface area contributed by atoms with Crippen molar-refractivity contribution in [3.8, 4) is 0 Å². The maximum atomic E-state index is 13.3. The number of aliphatic imine (C=N–C) groups is 2. The van der Waals surface area contributed by atoms with E-state index < -0.39 is 6.04 Å². The van der Waals surface area contributed by atoms with Crippen molar-refractivity contribution in [2.24, 2.45) is 9.98 Å². The van der Waals surface area contributed by atoms with E-state index in [-0.39, 0.29) is 18.3 Å². The monoisotopic (exact) mass is 399 g/mol. The Morgan fingerprint density at radius 3 is 2.66 bits per heavy atom. The first-order valence-corrected chi connectivity index (χ1v) is 9.61. The summed E-state index contributed by atoms with van der Waals surface area (Å²) in [6.07, 6.45) is 9.95. The van der Waals surface area contributed by atoms with Crippen molar-refractivity contribution in [3.63, 3.8) is 0 Å². The number of hydrogen-bond acceptors (Lipinski definition) is 4. The molecule has 0 radical (unpaired) electrons. The minimum Gasteiger partial charge on any atom is -0.483 e. The lowest BCUT2D eigenvalue weighted by atomic mass is 10.2. The van der Waals surface area contributed by atoms with Gasteiger partial charge >= 0.3 is 0 Å². The summed E-state index contributed by atoms with van der Waals surface area (Å²) in [6, 6.07) is 5.74. The molecule has 0 fully saturated rings. The van der Waals surface area contributed by atoms with Crippen molar-refractivity contribution in [2.75, 3.05) is 7.11 Å². The molecule has 0 aromatic heterocycles. The second-order valence-electron chi connectivity index (χ2n) is 6.20. The second kappa shape index (κ2) is 13.2. The Morgan fingerprint density at radius 1 is 1.31 bits per heavy atom. The number of nitrogens with zero attached hydrogens (tertiary/aromatic N) is 2. The predicted molar refractivity (Wildman–Crippen MR) is 118 cm³/mol. The van der Waals surface area contributed by atoms with E-state index in [1.54, 1.807) is 32.1 Å². The molecule has 1 aromatic rings. The number of rotatable bonds is 9. The van der Waals surface area contributed by atoms with E-state index in [9.17, 15) is 9.18 Å². The van der Waals surface area contributed by atoms with Crippen LogP contribution in [-0.4, -0.2) is 30.7 Å². The molecule has 0 saturated carbocycles. The molecule has 0 heterocycles. The number of ether oxygens (including phenoxy) is 1. The van der Waals surface area contributed by atoms with Gasteiger partial charge in [0.1, 0.15) is 17.6 Å². The highest BCUT2D eigenvalue weighted by molar-refractivity contribution is 6.02. The first-order valence-electron chi connectivity index (χ1n) is 9.61. The van der Waals surface area contributed by atoms with Gasteiger partial charge in [-0.05, 0) is 51.0 Å². The van der Waals surface area contributed by atoms with Gasteiger partial charge < -0.3 is 10.1 Å². The van der Waals surface area contributed by atoms with Gasteiger partial charge in [-0.15, -0.1) is 0 Å². The summed E-state index contributed by atoms with van der Waals surface area (Å²) in [5, 5.41) is 2.84. The SMILES string of the molecule is C\C=C/C=C\C(CC)=N/C(=C\C)C(=O)NC(C)C(=NCc1cccc(F)c1)OC. The van der Waals surface area contributed by atoms with Crippen molar-refractivity contribution >= 4 is 17.5 Å². The molecule has 29 heavy (non-hydrogen) atoms. The zero-order valence-electron chi connectivity index (χ0n) is 17.8. The highest BCUT2D eigenvalue weighted by Crippen LogP contribution is 2.07. The van der Waals surface area contributed by atoms with E-state index in [2.05, 4.69) is 15.3 Å². The Hall–Kier alpha value is -3.02. The maximum Gasteiger partial charge on any atom is 0.270 e. The van der Waals surface area contributed by atoms with Gasteiger partial charge in [0, 0.05) is 5.71 Å². The van der Waals surface area contributed by atoms with Crippen molar-refractivity contribution in [1.29, 1.82) is 0 Å². The van der Waals surface area contributed by atoms with E-state index in [4.69, 9.17) is 4.74 Å². The molecule has 0 spiro atoms. The molecule has 1 aromatic carbocycles. The summed E-state index contributed by atoms with van der Waals surface area (Å²) in [7, 11) is 1.49. The number of carbonyl (C=O) groups excluding carboxylic acids is 1. The van der Waals surface area contributed by atoms with E-state index in [0.29, 0.717) is 18.0 Å². The van der Waals surface area contributed by atoms with Crippen LogP contribution in [0.15, 0.2) is 70.3 Å². The Balaban J connectivity index is 2.86. The first kappa shape index (κ1) is 24.0. The highest BCUT2D eigenvalue weighted by atomic mass is 19.1. The van der Waals surface area contributed by atoms with E-state index in [0.717, 1.165) is 11.3 Å². The highest BCUT2D eigenvalue weighted by Gasteiger charge is 2.17. The Kier molecular flexibility index (Phi) is 10.9. The predicted octanol–water partition coefficient (Wildman–Crippen LogP) is 4.76. The molecule has 1 rings (SSSR count). The van der Waals surface area contributed by atoms with Gasteiger partial charge in [-0.3, -0.25) is 4.79 Å². The summed E-state index contributed by atoms with van der Waals surface area (Å²) >= 11 is 0. The van der Waals surface area contributed by atoms with Gasteiger partial charge in [-0.2, -0.15) is 0 Å². The molecule has 0 aliphatic carbocycles. The lowest BCUT2D eigenvalue weighted by Crippen LogP contribution is -2.40. The smallest absolute Gasteiger partial charge is 0.270 e. The van der Waals surface area contributed by atoms with Crippen LogP contribution in [0.1, 0.15) is 39.7 Å². The number of benzene rings is 1. The minimum atomic E-state index is -0.463.